The first-order chi connectivity index (χ1) is 9.75. The molecule has 0 spiro atoms. The summed E-state index contributed by atoms with van der Waals surface area (Å²) < 4.78 is 5.57. The van der Waals surface area contributed by atoms with E-state index in [1.807, 2.05) is 0 Å². The monoisotopic (exact) mass is 295 g/mol. The van der Waals surface area contributed by atoms with Crippen LogP contribution in [0, 0.1) is 0 Å². The molecular formula is C15H21NO3S. The van der Waals surface area contributed by atoms with Gasteiger partial charge in [0.2, 0.25) is 0 Å². The lowest BCUT2D eigenvalue weighted by Crippen LogP contribution is -2.30. The van der Waals surface area contributed by atoms with Gasteiger partial charge in [-0.25, -0.2) is 4.79 Å². The van der Waals surface area contributed by atoms with Gasteiger partial charge in [0.05, 0.1) is 5.56 Å². The normalized spacial score (nSPS) is 18.7. The molecule has 0 radical (unpaired) electrons. The maximum atomic E-state index is 10.7. The van der Waals surface area contributed by atoms with Crippen LogP contribution in [0.15, 0.2) is 24.3 Å². The zero-order valence-corrected chi connectivity index (χ0v) is 12.3. The van der Waals surface area contributed by atoms with Gasteiger partial charge >= 0.3 is 5.97 Å². The molecule has 0 bridgehead atoms. The first-order valence-corrected chi connectivity index (χ1v) is 8.09. The van der Waals surface area contributed by atoms with Gasteiger partial charge < -0.3 is 15.2 Å². The average Bonchev–Trinajstić information content (AvgIpc) is 2.48. The minimum atomic E-state index is -0.914. The number of ether oxygens (including phenoxy) is 1. The highest BCUT2D eigenvalue weighted by molar-refractivity contribution is 7.99. The Morgan fingerprint density at radius 3 is 2.80 bits per heavy atom. The third-order valence-corrected chi connectivity index (χ3v) is 4.69. The summed E-state index contributed by atoms with van der Waals surface area (Å²) in [7, 11) is 0. The zero-order valence-electron chi connectivity index (χ0n) is 11.5. The zero-order chi connectivity index (χ0) is 14.2. The summed E-state index contributed by atoms with van der Waals surface area (Å²) in [5.74, 6) is 1.09. The minimum Gasteiger partial charge on any atom is -0.492 e. The summed E-state index contributed by atoms with van der Waals surface area (Å²) in [5.41, 5.74) is 0.282. The van der Waals surface area contributed by atoms with Crippen LogP contribution in [0.3, 0.4) is 0 Å². The largest absolute Gasteiger partial charge is 0.492 e. The van der Waals surface area contributed by atoms with Crippen molar-refractivity contribution in [3.05, 3.63) is 29.8 Å². The third kappa shape index (κ3) is 5.06. The quantitative estimate of drug-likeness (QED) is 0.757. The Morgan fingerprint density at radius 2 is 2.15 bits per heavy atom. The lowest BCUT2D eigenvalue weighted by molar-refractivity contribution is 0.0697. The SMILES string of the molecule is O=C(O)c1ccc(OCCNCC2CCCCS2)cc1. The molecule has 0 aromatic heterocycles. The minimum absolute atomic E-state index is 0.282. The number of carboxylic acids is 1. The molecule has 0 saturated carbocycles. The molecular weight excluding hydrogens is 274 g/mol. The number of nitrogens with one attached hydrogen (secondary N) is 1. The van der Waals surface area contributed by atoms with Gasteiger partial charge in [0.15, 0.2) is 0 Å². The summed E-state index contributed by atoms with van der Waals surface area (Å²) in [5, 5.41) is 13.0. The summed E-state index contributed by atoms with van der Waals surface area (Å²) in [4.78, 5) is 10.7. The third-order valence-electron chi connectivity index (χ3n) is 3.29. The molecule has 1 aliphatic heterocycles. The van der Waals surface area contributed by atoms with Crippen LogP contribution in [0.1, 0.15) is 29.6 Å². The lowest BCUT2D eigenvalue weighted by Gasteiger charge is -2.21. The number of carbonyl (C=O) groups is 1. The molecule has 0 amide bonds. The Balaban J connectivity index is 1.59. The van der Waals surface area contributed by atoms with Crippen molar-refractivity contribution in [3.63, 3.8) is 0 Å². The standard InChI is InChI=1S/C15H21NO3S/c17-15(18)12-4-6-13(7-5-12)19-9-8-16-11-14-3-1-2-10-20-14/h4-7,14,16H,1-3,8-11H2,(H,17,18). The molecule has 0 aliphatic carbocycles. The molecule has 1 unspecified atom stereocenters. The highest BCUT2D eigenvalue weighted by Crippen LogP contribution is 2.24. The van der Waals surface area contributed by atoms with Gasteiger partial charge in [-0.3, -0.25) is 0 Å². The van der Waals surface area contributed by atoms with Gasteiger partial charge in [0.1, 0.15) is 12.4 Å². The van der Waals surface area contributed by atoms with Crippen LogP contribution < -0.4 is 10.1 Å². The fraction of sp³-hybridized carbons (Fsp3) is 0.533. The molecule has 1 aliphatic rings. The highest BCUT2D eigenvalue weighted by atomic mass is 32.2. The number of aromatic carboxylic acids is 1. The molecule has 1 fully saturated rings. The topological polar surface area (TPSA) is 58.6 Å². The molecule has 2 rings (SSSR count). The number of thioether (sulfide) groups is 1. The number of carboxylic acid groups (broad SMARTS) is 1. The van der Waals surface area contributed by atoms with Crippen molar-refractivity contribution < 1.29 is 14.6 Å². The second-order valence-corrected chi connectivity index (χ2v) is 6.28. The predicted octanol–water partition coefficient (Wildman–Crippen LogP) is 2.64. The molecule has 2 N–H and O–H groups in total. The molecule has 1 saturated heterocycles. The van der Waals surface area contributed by atoms with Gasteiger partial charge in [0, 0.05) is 18.3 Å². The lowest BCUT2D eigenvalue weighted by atomic mass is 10.2. The fourth-order valence-electron chi connectivity index (χ4n) is 2.17. The van der Waals surface area contributed by atoms with Crippen LogP contribution in [0.2, 0.25) is 0 Å². The van der Waals surface area contributed by atoms with Crippen LogP contribution >= 0.6 is 11.8 Å². The van der Waals surface area contributed by atoms with Crippen molar-refractivity contribution in [3.8, 4) is 5.75 Å². The van der Waals surface area contributed by atoms with Gasteiger partial charge in [-0.1, -0.05) is 6.42 Å². The maximum Gasteiger partial charge on any atom is 0.335 e. The van der Waals surface area contributed by atoms with E-state index in [0.29, 0.717) is 12.4 Å². The van der Waals surface area contributed by atoms with E-state index >= 15 is 0 Å². The van der Waals surface area contributed by atoms with Gasteiger partial charge in [-0.2, -0.15) is 11.8 Å². The number of hydrogen-bond acceptors (Lipinski definition) is 4. The average molecular weight is 295 g/mol. The van der Waals surface area contributed by atoms with E-state index in [2.05, 4.69) is 17.1 Å². The summed E-state index contributed by atoms with van der Waals surface area (Å²) in [6.45, 7) is 2.47. The molecule has 4 nitrogen and oxygen atoms in total. The molecule has 1 aromatic carbocycles. The fourth-order valence-corrected chi connectivity index (χ4v) is 3.44. The van der Waals surface area contributed by atoms with Crippen molar-refractivity contribution in [2.75, 3.05) is 25.4 Å². The second-order valence-electron chi connectivity index (χ2n) is 4.87. The Kier molecular flexibility index (Phi) is 6.21. The van der Waals surface area contributed by atoms with E-state index in [1.54, 1.807) is 24.3 Å². The molecule has 1 heterocycles. The number of benzene rings is 1. The van der Waals surface area contributed by atoms with E-state index in [4.69, 9.17) is 9.84 Å². The van der Waals surface area contributed by atoms with E-state index < -0.39 is 5.97 Å². The van der Waals surface area contributed by atoms with Crippen LogP contribution in [-0.2, 0) is 0 Å². The van der Waals surface area contributed by atoms with Crippen LogP contribution in [0.5, 0.6) is 5.75 Å². The van der Waals surface area contributed by atoms with E-state index in [-0.39, 0.29) is 5.56 Å². The molecule has 110 valence electrons. The molecule has 5 heteroatoms. The Labute approximate surface area is 123 Å². The van der Waals surface area contributed by atoms with Gasteiger partial charge in [-0.05, 0) is 42.9 Å². The number of rotatable bonds is 7. The molecule has 1 aromatic rings. The molecule has 20 heavy (non-hydrogen) atoms. The van der Waals surface area contributed by atoms with Crippen molar-refractivity contribution in [1.29, 1.82) is 0 Å². The smallest absolute Gasteiger partial charge is 0.335 e. The molecule has 1 atom stereocenters. The Morgan fingerprint density at radius 1 is 1.35 bits per heavy atom. The predicted molar refractivity (Wildman–Crippen MR) is 81.9 cm³/mol. The van der Waals surface area contributed by atoms with Gasteiger partial charge in [-0.15, -0.1) is 0 Å². The van der Waals surface area contributed by atoms with Crippen molar-refractivity contribution in [2.45, 2.75) is 24.5 Å². The maximum absolute atomic E-state index is 10.7. The Bertz CT molecular complexity index is 416. The summed E-state index contributed by atoms with van der Waals surface area (Å²) in [6.07, 6.45) is 4.03. The van der Waals surface area contributed by atoms with E-state index in [1.165, 1.54) is 25.0 Å². The van der Waals surface area contributed by atoms with Crippen molar-refractivity contribution in [1.82, 2.24) is 5.32 Å². The first kappa shape index (κ1) is 15.2. The van der Waals surface area contributed by atoms with Crippen LogP contribution in [0.25, 0.3) is 0 Å². The van der Waals surface area contributed by atoms with E-state index in [9.17, 15) is 4.79 Å². The van der Waals surface area contributed by atoms with Crippen LogP contribution in [-0.4, -0.2) is 41.8 Å². The van der Waals surface area contributed by atoms with E-state index in [0.717, 1.165) is 18.3 Å². The summed E-state index contributed by atoms with van der Waals surface area (Å²) >= 11 is 2.06. The Hall–Kier alpha value is -1.20. The van der Waals surface area contributed by atoms with Crippen LogP contribution in [0.4, 0.5) is 0 Å². The number of hydrogen-bond donors (Lipinski definition) is 2. The highest BCUT2D eigenvalue weighted by Gasteiger charge is 2.12. The summed E-state index contributed by atoms with van der Waals surface area (Å²) in [6, 6.07) is 6.51. The first-order valence-electron chi connectivity index (χ1n) is 7.04. The van der Waals surface area contributed by atoms with Crippen molar-refractivity contribution in [2.24, 2.45) is 0 Å². The van der Waals surface area contributed by atoms with Gasteiger partial charge in [0.25, 0.3) is 0 Å². The van der Waals surface area contributed by atoms with Crippen molar-refractivity contribution >= 4 is 17.7 Å². The second kappa shape index (κ2) is 8.17.